The lowest BCUT2D eigenvalue weighted by Crippen LogP contribution is -2.20. The molecule has 0 aliphatic heterocycles. The average molecular weight is 284 g/mol. The molecule has 0 amide bonds. The third-order valence-corrected chi connectivity index (χ3v) is 3.54. The molecule has 2 aromatic carbocycles. The fourth-order valence-corrected chi connectivity index (χ4v) is 2.53. The molecule has 1 heterocycles. The zero-order chi connectivity index (χ0) is 14.8. The lowest BCUT2D eigenvalue weighted by molar-refractivity contribution is 0.522. The van der Waals surface area contributed by atoms with Crippen molar-refractivity contribution in [3.63, 3.8) is 0 Å². The van der Waals surface area contributed by atoms with Gasteiger partial charge >= 0.3 is 0 Å². The van der Waals surface area contributed by atoms with E-state index in [1.54, 1.807) is 13.2 Å². The Morgan fingerprint density at radius 2 is 1.76 bits per heavy atom. The molecule has 1 unspecified atom stereocenters. The van der Waals surface area contributed by atoms with E-state index in [-0.39, 0.29) is 5.56 Å². The van der Waals surface area contributed by atoms with Gasteiger partial charge < -0.3 is 5.32 Å². The molecule has 0 bridgehead atoms. The molecule has 3 aromatic rings. The van der Waals surface area contributed by atoms with Gasteiger partial charge in [-0.1, -0.05) is 24.3 Å². The first-order chi connectivity index (χ1) is 10.2. The van der Waals surface area contributed by atoms with E-state index < -0.39 is 17.7 Å². The normalized spacial score (nSPS) is 12.5. The van der Waals surface area contributed by atoms with Gasteiger partial charge in [0.05, 0.1) is 11.6 Å². The van der Waals surface area contributed by atoms with E-state index >= 15 is 0 Å². The smallest absolute Gasteiger partial charge is 0.131 e. The summed E-state index contributed by atoms with van der Waals surface area (Å²) in [5.74, 6) is -1.12. The van der Waals surface area contributed by atoms with Gasteiger partial charge in [-0.15, -0.1) is 0 Å². The van der Waals surface area contributed by atoms with E-state index in [9.17, 15) is 8.78 Å². The van der Waals surface area contributed by atoms with Gasteiger partial charge in [0.25, 0.3) is 0 Å². The summed E-state index contributed by atoms with van der Waals surface area (Å²) in [6.45, 7) is 0. The Balaban J connectivity index is 2.14. The third kappa shape index (κ3) is 2.50. The van der Waals surface area contributed by atoms with Crippen LogP contribution in [-0.2, 0) is 0 Å². The topological polar surface area (TPSA) is 24.9 Å². The summed E-state index contributed by atoms with van der Waals surface area (Å²) < 4.78 is 28.0. The molecule has 0 spiro atoms. The lowest BCUT2D eigenvalue weighted by Gasteiger charge is -2.19. The molecule has 4 heteroatoms. The van der Waals surface area contributed by atoms with Gasteiger partial charge in [0.2, 0.25) is 0 Å². The summed E-state index contributed by atoms with van der Waals surface area (Å²) in [6, 6.07) is 12.8. The van der Waals surface area contributed by atoms with Crippen molar-refractivity contribution < 1.29 is 8.78 Å². The highest BCUT2D eigenvalue weighted by Gasteiger charge is 2.20. The minimum Gasteiger partial charge on any atom is -0.309 e. The van der Waals surface area contributed by atoms with Gasteiger partial charge in [-0.05, 0) is 36.9 Å². The summed E-state index contributed by atoms with van der Waals surface area (Å²) in [5.41, 5.74) is 1.59. The molecule has 1 aromatic heterocycles. The summed E-state index contributed by atoms with van der Waals surface area (Å²) in [5, 5.41) is 3.96. The van der Waals surface area contributed by atoms with E-state index in [4.69, 9.17) is 0 Å². The fourth-order valence-electron chi connectivity index (χ4n) is 2.53. The van der Waals surface area contributed by atoms with Gasteiger partial charge in [0.1, 0.15) is 11.6 Å². The van der Waals surface area contributed by atoms with Crippen molar-refractivity contribution in [2.45, 2.75) is 6.04 Å². The van der Waals surface area contributed by atoms with Crippen LogP contribution < -0.4 is 5.32 Å². The number of hydrogen-bond donors (Lipinski definition) is 1. The van der Waals surface area contributed by atoms with Crippen molar-refractivity contribution in [1.29, 1.82) is 0 Å². The van der Waals surface area contributed by atoms with Crippen LogP contribution in [0.4, 0.5) is 8.78 Å². The van der Waals surface area contributed by atoms with E-state index in [1.165, 1.54) is 18.2 Å². The predicted octanol–water partition coefficient (Wildman–Crippen LogP) is 3.82. The molecule has 0 radical (unpaired) electrons. The number of nitrogens with one attached hydrogen (secondary N) is 1. The summed E-state index contributed by atoms with van der Waals surface area (Å²) in [4.78, 5) is 4.28. The second kappa shape index (κ2) is 5.58. The molecular formula is C17H14F2N2. The Morgan fingerprint density at radius 1 is 1.00 bits per heavy atom. The van der Waals surface area contributed by atoms with Crippen molar-refractivity contribution in [3.8, 4) is 0 Å². The monoisotopic (exact) mass is 284 g/mol. The molecular weight excluding hydrogens is 270 g/mol. The Hall–Kier alpha value is -2.33. The molecule has 1 atom stereocenters. The first kappa shape index (κ1) is 13.6. The molecule has 0 saturated heterocycles. The number of aromatic nitrogens is 1. The summed E-state index contributed by atoms with van der Waals surface area (Å²) in [7, 11) is 1.68. The Bertz CT molecular complexity index is 766. The first-order valence-electron chi connectivity index (χ1n) is 6.66. The molecule has 21 heavy (non-hydrogen) atoms. The average Bonchev–Trinajstić information content (AvgIpc) is 2.50. The fraction of sp³-hybridized carbons (Fsp3) is 0.118. The largest absolute Gasteiger partial charge is 0.309 e. The molecule has 0 aliphatic carbocycles. The van der Waals surface area contributed by atoms with Crippen LogP contribution in [0.5, 0.6) is 0 Å². The zero-order valence-corrected chi connectivity index (χ0v) is 11.5. The summed E-state index contributed by atoms with van der Waals surface area (Å²) >= 11 is 0. The highest BCUT2D eigenvalue weighted by Crippen LogP contribution is 2.28. The minimum absolute atomic E-state index is 0.0234. The second-order valence-electron chi connectivity index (χ2n) is 4.81. The third-order valence-electron chi connectivity index (χ3n) is 3.54. The van der Waals surface area contributed by atoms with E-state index in [0.29, 0.717) is 0 Å². The number of fused-ring (bicyclic) bond motifs is 1. The van der Waals surface area contributed by atoms with Crippen LogP contribution in [0.2, 0.25) is 0 Å². The Labute approximate surface area is 121 Å². The molecule has 106 valence electrons. The number of halogens is 2. The number of benzene rings is 2. The maximum absolute atomic E-state index is 14.0. The van der Waals surface area contributed by atoms with Crippen molar-refractivity contribution in [1.82, 2.24) is 10.3 Å². The standard InChI is InChI=1S/C17H14F2N2/c1-20-17(16-13(18)5-2-6-14(16)19)12-8-7-11-4-3-9-21-15(11)10-12/h2-10,17,20H,1H3. The van der Waals surface area contributed by atoms with Crippen LogP contribution in [0.3, 0.4) is 0 Å². The van der Waals surface area contributed by atoms with Crippen molar-refractivity contribution in [2.75, 3.05) is 7.05 Å². The molecule has 0 fully saturated rings. The number of pyridine rings is 1. The van der Waals surface area contributed by atoms with Gasteiger partial charge in [0, 0.05) is 17.1 Å². The second-order valence-corrected chi connectivity index (χ2v) is 4.81. The van der Waals surface area contributed by atoms with Gasteiger partial charge in [-0.2, -0.15) is 0 Å². The Morgan fingerprint density at radius 3 is 2.48 bits per heavy atom. The molecule has 0 saturated carbocycles. The van der Waals surface area contributed by atoms with E-state index in [0.717, 1.165) is 16.5 Å². The predicted molar refractivity (Wildman–Crippen MR) is 79.0 cm³/mol. The van der Waals surface area contributed by atoms with Crippen LogP contribution in [0.1, 0.15) is 17.2 Å². The minimum atomic E-state index is -0.560. The number of nitrogens with zero attached hydrogens (tertiary/aromatic N) is 1. The lowest BCUT2D eigenvalue weighted by atomic mass is 9.96. The van der Waals surface area contributed by atoms with Crippen LogP contribution in [0.25, 0.3) is 10.9 Å². The van der Waals surface area contributed by atoms with Gasteiger partial charge in [-0.25, -0.2) is 8.78 Å². The SMILES string of the molecule is CNC(c1ccc2cccnc2c1)c1c(F)cccc1F. The van der Waals surface area contributed by atoms with Crippen LogP contribution in [-0.4, -0.2) is 12.0 Å². The maximum Gasteiger partial charge on any atom is 0.131 e. The molecule has 2 nitrogen and oxygen atoms in total. The first-order valence-corrected chi connectivity index (χ1v) is 6.66. The molecule has 0 aliphatic rings. The van der Waals surface area contributed by atoms with E-state index in [2.05, 4.69) is 10.3 Å². The van der Waals surface area contributed by atoms with Gasteiger partial charge in [-0.3, -0.25) is 4.98 Å². The van der Waals surface area contributed by atoms with E-state index in [1.807, 2.05) is 30.3 Å². The van der Waals surface area contributed by atoms with Crippen LogP contribution >= 0.6 is 0 Å². The highest BCUT2D eigenvalue weighted by molar-refractivity contribution is 5.79. The maximum atomic E-state index is 14.0. The quantitative estimate of drug-likeness (QED) is 0.791. The highest BCUT2D eigenvalue weighted by atomic mass is 19.1. The van der Waals surface area contributed by atoms with Crippen LogP contribution in [0.15, 0.2) is 54.7 Å². The number of rotatable bonds is 3. The molecule has 1 N–H and O–H groups in total. The van der Waals surface area contributed by atoms with Crippen molar-refractivity contribution in [2.24, 2.45) is 0 Å². The molecule has 3 rings (SSSR count). The van der Waals surface area contributed by atoms with Gasteiger partial charge in [0.15, 0.2) is 0 Å². The Kier molecular flexibility index (Phi) is 3.62. The number of hydrogen-bond acceptors (Lipinski definition) is 2. The van der Waals surface area contributed by atoms with Crippen LogP contribution in [0, 0.1) is 11.6 Å². The van der Waals surface area contributed by atoms with Crippen molar-refractivity contribution >= 4 is 10.9 Å². The zero-order valence-electron chi connectivity index (χ0n) is 11.5. The van der Waals surface area contributed by atoms with Crippen molar-refractivity contribution in [3.05, 3.63) is 77.5 Å². The summed E-state index contributed by atoms with van der Waals surface area (Å²) in [6.07, 6.45) is 1.70.